The third-order valence-electron chi connectivity index (χ3n) is 1.58. The van der Waals surface area contributed by atoms with E-state index in [9.17, 15) is 9.59 Å². The predicted molar refractivity (Wildman–Crippen MR) is 44.8 cm³/mol. The fourth-order valence-corrected chi connectivity index (χ4v) is 0.968. The Kier molecular flexibility index (Phi) is 1.81. The number of nitrogens with one attached hydrogen (secondary N) is 1. The molecule has 0 amide bonds. The summed E-state index contributed by atoms with van der Waals surface area (Å²) in [7, 11) is 0. The first kappa shape index (κ1) is 7.98. The van der Waals surface area contributed by atoms with Gasteiger partial charge in [-0.05, 0) is 20.8 Å². The quantitative estimate of drug-likeness (QED) is 0.626. The highest BCUT2D eigenvalue weighted by Crippen LogP contribution is 2.06. The Morgan fingerprint density at radius 2 is 1.73 bits per heavy atom. The van der Waals surface area contributed by atoms with Gasteiger partial charge < -0.3 is 5.32 Å². The summed E-state index contributed by atoms with van der Waals surface area (Å²) in [4.78, 5) is 21.5. The largest absolute Gasteiger partial charge is 0.379 e. The Balaban J connectivity index is 2.91. The van der Waals surface area contributed by atoms with Gasteiger partial charge in [0.25, 0.3) is 0 Å². The number of rotatable bonds is 2. The third-order valence-corrected chi connectivity index (χ3v) is 1.58. The lowest BCUT2D eigenvalue weighted by molar-refractivity contribution is 0.889. The minimum atomic E-state index is -0.379. The van der Waals surface area contributed by atoms with Gasteiger partial charge in [-0.3, -0.25) is 9.59 Å². The van der Waals surface area contributed by atoms with Crippen molar-refractivity contribution >= 4 is 5.69 Å². The monoisotopic (exact) mass is 153 g/mol. The van der Waals surface area contributed by atoms with E-state index in [-0.39, 0.29) is 16.9 Å². The molecule has 0 aliphatic carbocycles. The van der Waals surface area contributed by atoms with Crippen molar-refractivity contribution in [1.82, 2.24) is 0 Å². The second-order valence-electron chi connectivity index (χ2n) is 2.96. The van der Waals surface area contributed by atoms with Gasteiger partial charge in [-0.2, -0.15) is 0 Å². The molecule has 1 rings (SSSR count). The van der Waals surface area contributed by atoms with Gasteiger partial charge in [0, 0.05) is 11.6 Å². The molecule has 0 radical (unpaired) electrons. The zero-order valence-corrected chi connectivity index (χ0v) is 6.89. The van der Waals surface area contributed by atoms with Gasteiger partial charge in [0.05, 0.1) is 5.69 Å². The molecule has 0 spiro atoms. The van der Waals surface area contributed by atoms with Gasteiger partial charge in [-0.25, -0.2) is 0 Å². The zero-order chi connectivity index (χ0) is 8.59. The minimum Gasteiger partial charge on any atom is -0.379 e. The molecule has 0 unspecified atom stereocenters. The van der Waals surface area contributed by atoms with Crippen LogP contribution in [-0.2, 0) is 0 Å². The Hall–Kier alpha value is -1.12. The van der Waals surface area contributed by atoms with E-state index in [1.165, 1.54) is 0 Å². The summed E-state index contributed by atoms with van der Waals surface area (Å²) in [5.41, 5.74) is 0.318. The molecule has 1 N–H and O–H groups in total. The summed E-state index contributed by atoms with van der Waals surface area (Å²) in [5.74, 6) is 0. The maximum atomic E-state index is 10.8. The molecular formula is C8H11NO2. The van der Waals surface area contributed by atoms with Crippen LogP contribution < -0.4 is 16.2 Å². The standard InChI is InChI=1S/C8H11NO2/c1-4(2)9-6-5(3)7(10)8(6)11/h4,9H,1-3H3. The van der Waals surface area contributed by atoms with Crippen molar-refractivity contribution in [2.75, 3.05) is 5.32 Å². The molecule has 0 aromatic heterocycles. The maximum absolute atomic E-state index is 10.8. The van der Waals surface area contributed by atoms with Gasteiger partial charge in [0.15, 0.2) is 0 Å². The van der Waals surface area contributed by atoms with Crippen LogP contribution in [0.15, 0.2) is 9.59 Å². The molecule has 1 aromatic rings. The second kappa shape index (κ2) is 2.49. The Labute approximate surface area is 64.7 Å². The normalized spacial score (nSPS) is 10.9. The average Bonchev–Trinajstić information content (AvgIpc) is 1.98. The van der Waals surface area contributed by atoms with Crippen LogP contribution in [0.2, 0.25) is 0 Å². The van der Waals surface area contributed by atoms with Crippen LogP contribution in [-0.4, -0.2) is 6.04 Å². The van der Waals surface area contributed by atoms with E-state index >= 15 is 0 Å². The van der Waals surface area contributed by atoms with Crippen LogP contribution in [0.5, 0.6) is 0 Å². The van der Waals surface area contributed by atoms with Crippen LogP contribution in [0.1, 0.15) is 19.4 Å². The second-order valence-corrected chi connectivity index (χ2v) is 2.96. The highest BCUT2D eigenvalue weighted by atomic mass is 16.2. The summed E-state index contributed by atoms with van der Waals surface area (Å²) < 4.78 is 0. The van der Waals surface area contributed by atoms with Crippen molar-refractivity contribution in [1.29, 1.82) is 0 Å². The summed E-state index contributed by atoms with van der Waals surface area (Å²) >= 11 is 0. The lowest BCUT2D eigenvalue weighted by atomic mass is 10.1. The van der Waals surface area contributed by atoms with Crippen molar-refractivity contribution in [3.05, 3.63) is 26.0 Å². The molecule has 0 saturated heterocycles. The first-order chi connectivity index (χ1) is 5.04. The van der Waals surface area contributed by atoms with Crippen molar-refractivity contribution in [3.63, 3.8) is 0 Å². The number of anilines is 1. The van der Waals surface area contributed by atoms with Gasteiger partial charge in [-0.15, -0.1) is 0 Å². The highest BCUT2D eigenvalue weighted by Gasteiger charge is 2.16. The molecule has 60 valence electrons. The Morgan fingerprint density at radius 1 is 1.18 bits per heavy atom. The fraction of sp³-hybridized carbons (Fsp3) is 0.500. The SMILES string of the molecule is Cc1c(NC(C)C)c(=O)c1=O. The molecule has 0 heterocycles. The van der Waals surface area contributed by atoms with Crippen molar-refractivity contribution in [3.8, 4) is 0 Å². The molecule has 1 aromatic carbocycles. The number of hydrogen-bond donors (Lipinski definition) is 1. The molecule has 0 saturated carbocycles. The van der Waals surface area contributed by atoms with Crippen LogP contribution in [0.4, 0.5) is 5.69 Å². The molecule has 0 bridgehead atoms. The lowest BCUT2D eigenvalue weighted by Crippen LogP contribution is -2.38. The zero-order valence-electron chi connectivity index (χ0n) is 6.89. The van der Waals surface area contributed by atoms with E-state index in [4.69, 9.17) is 0 Å². The van der Waals surface area contributed by atoms with Gasteiger partial charge in [0.1, 0.15) is 0 Å². The van der Waals surface area contributed by atoms with E-state index in [2.05, 4.69) is 5.32 Å². The average molecular weight is 153 g/mol. The summed E-state index contributed by atoms with van der Waals surface area (Å²) in [6.07, 6.45) is 0. The van der Waals surface area contributed by atoms with Crippen LogP contribution >= 0.6 is 0 Å². The first-order valence-corrected chi connectivity index (χ1v) is 3.60. The van der Waals surface area contributed by atoms with E-state index in [0.29, 0.717) is 11.3 Å². The molecule has 0 fully saturated rings. The maximum Gasteiger partial charge on any atom is 0.249 e. The molecule has 11 heavy (non-hydrogen) atoms. The minimum absolute atomic E-state index is 0.206. The molecular weight excluding hydrogens is 142 g/mol. The predicted octanol–water partition coefficient (Wildman–Crippen LogP) is 0.411. The summed E-state index contributed by atoms with van der Waals surface area (Å²) in [6, 6.07) is 0.206. The smallest absolute Gasteiger partial charge is 0.249 e. The van der Waals surface area contributed by atoms with Crippen LogP contribution in [0.25, 0.3) is 0 Å². The van der Waals surface area contributed by atoms with Crippen LogP contribution in [0, 0.1) is 6.92 Å². The third kappa shape index (κ3) is 1.18. The summed E-state index contributed by atoms with van der Waals surface area (Å²) in [6.45, 7) is 5.52. The Bertz CT molecular complexity index is 332. The van der Waals surface area contributed by atoms with Gasteiger partial charge in [0.2, 0.25) is 10.9 Å². The van der Waals surface area contributed by atoms with Crippen molar-refractivity contribution in [2.45, 2.75) is 26.8 Å². The molecule has 0 atom stereocenters. The van der Waals surface area contributed by atoms with E-state index < -0.39 is 0 Å². The number of hydrogen-bond acceptors (Lipinski definition) is 3. The first-order valence-electron chi connectivity index (χ1n) is 3.60. The highest BCUT2D eigenvalue weighted by molar-refractivity contribution is 5.55. The van der Waals surface area contributed by atoms with Crippen LogP contribution in [0.3, 0.4) is 0 Å². The Morgan fingerprint density at radius 3 is 2.09 bits per heavy atom. The van der Waals surface area contributed by atoms with Gasteiger partial charge in [-0.1, -0.05) is 0 Å². The van der Waals surface area contributed by atoms with E-state index in [0.717, 1.165) is 0 Å². The topological polar surface area (TPSA) is 46.2 Å². The fourth-order valence-electron chi connectivity index (χ4n) is 0.968. The van der Waals surface area contributed by atoms with E-state index in [1.54, 1.807) is 6.92 Å². The molecule has 0 aliphatic heterocycles. The van der Waals surface area contributed by atoms with Crippen molar-refractivity contribution < 1.29 is 0 Å². The van der Waals surface area contributed by atoms with E-state index in [1.807, 2.05) is 13.8 Å². The lowest BCUT2D eigenvalue weighted by Gasteiger charge is -2.12. The van der Waals surface area contributed by atoms with Crippen molar-refractivity contribution in [2.24, 2.45) is 0 Å². The molecule has 3 nitrogen and oxygen atoms in total. The molecule has 3 heteroatoms. The van der Waals surface area contributed by atoms with Gasteiger partial charge >= 0.3 is 0 Å². The molecule has 0 aliphatic rings. The summed E-state index contributed by atoms with van der Waals surface area (Å²) in [5, 5.41) is 2.92.